The molecule has 0 heterocycles. The number of carboxylic acid groups (broad SMARTS) is 1. The maximum absolute atomic E-state index is 12.8. The minimum Gasteiger partial charge on any atom is -0.544 e. The van der Waals surface area contributed by atoms with Crippen LogP contribution in [0.25, 0.3) is 0 Å². The van der Waals surface area contributed by atoms with Gasteiger partial charge in [0.2, 0.25) is 0 Å². The number of carbonyl (C=O) groups is 3. The van der Waals surface area contributed by atoms with Crippen molar-refractivity contribution in [2.75, 3.05) is 41.0 Å². The molecule has 8 heteroatoms. The highest BCUT2D eigenvalue weighted by Gasteiger charge is 2.25. The fourth-order valence-corrected chi connectivity index (χ4v) is 7.89. The SMILES string of the molecule is CC/C=C\C/C=C\C/C=C\C/C=C\CCCCCCCCCCCCC(=O)OC(COCCC(C(=O)[O-])[N+](C)(C)C)COC(=O)CCCCCCCCCCCCCCCCCCC. The van der Waals surface area contributed by atoms with E-state index < -0.39 is 18.1 Å². The van der Waals surface area contributed by atoms with Gasteiger partial charge in [0, 0.05) is 19.3 Å². The van der Waals surface area contributed by atoms with Crippen molar-refractivity contribution < 1.29 is 38.2 Å². The van der Waals surface area contributed by atoms with Crippen molar-refractivity contribution in [2.45, 2.75) is 251 Å². The van der Waals surface area contributed by atoms with Crippen molar-refractivity contribution in [3.63, 3.8) is 0 Å². The van der Waals surface area contributed by atoms with E-state index in [1.54, 1.807) is 0 Å². The van der Waals surface area contributed by atoms with Crippen LogP contribution in [-0.4, -0.2) is 75.5 Å². The molecular weight excluding hydrogens is 799 g/mol. The minimum atomic E-state index is -1.12. The first-order valence-electron chi connectivity index (χ1n) is 26.7. The van der Waals surface area contributed by atoms with Crippen LogP contribution in [0.3, 0.4) is 0 Å². The molecule has 0 aliphatic heterocycles. The molecule has 0 aliphatic rings. The molecule has 0 aromatic heterocycles. The summed E-state index contributed by atoms with van der Waals surface area (Å²) >= 11 is 0. The van der Waals surface area contributed by atoms with Crippen molar-refractivity contribution in [1.29, 1.82) is 0 Å². The van der Waals surface area contributed by atoms with Crippen LogP contribution in [0.5, 0.6) is 0 Å². The average molecular weight is 900 g/mol. The van der Waals surface area contributed by atoms with Crippen LogP contribution in [0.4, 0.5) is 0 Å². The van der Waals surface area contributed by atoms with Crippen LogP contribution in [-0.2, 0) is 28.6 Å². The highest BCUT2D eigenvalue weighted by Crippen LogP contribution is 2.16. The van der Waals surface area contributed by atoms with Gasteiger partial charge in [0.05, 0.1) is 40.3 Å². The number of quaternary nitrogens is 1. The molecule has 0 aromatic carbocycles. The molecule has 0 aliphatic carbocycles. The number of aliphatic carboxylic acids is 1. The van der Waals surface area contributed by atoms with Crippen LogP contribution in [0.2, 0.25) is 0 Å². The number of likely N-dealkylation sites (N-methyl/N-ethyl adjacent to an activating group) is 1. The van der Waals surface area contributed by atoms with Gasteiger partial charge in [-0.15, -0.1) is 0 Å². The highest BCUT2D eigenvalue weighted by molar-refractivity contribution is 5.70. The Morgan fingerprint density at radius 1 is 0.484 bits per heavy atom. The van der Waals surface area contributed by atoms with Gasteiger partial charge in [0.25, 0.3) is 0 Å². The Kier molecular flexibility index (Phi) is 44.8. The van der Waals surface area contributed by atoms with E-state index in [-0.39, 0.29) is 42.7 Å². The summed E-state index contributed by atoms with van der Waals surface area (Å²) in [6.07, 6.45) is 57.1. The molecule has 2 atom stereocenters. The summed E-state index contributed by atoms with van der Waals surface area (Å²) in [5.74, 6) is -1.73. The van der Waals surface area contributed by atoms with Crippen molar-refractivity contribution in [2.24, 2.45) is 0 Å². The van der Waals surface area contributed by atoms with E-state index in [0.717, 1.165) is 64.2 Å². The lowest BCUT2D eigenvalue weighted by atomic mass is 10.0. The molecule has 0 amide bonds. The lowest BCUT2D eigenvalue weighted by molar-refractivity contribution is -0.889. The van der Waals surface area contributed by atoms with Crippen molar-refractivity contribution >= 4 is 17.9 Å². The Morgan fingerprint density at radius 3 is 1.30 bits per heavy atom. The fraction of sp³-hybridized carbons (Fsp3) is 0.804. The van der Waals surface area contributed by atoms with Gasteiger partial charge in [-0.3, -0.25) is 9.59 Å². The van der Waals surface area contributed by atoms with Crippen molar-refractivity contribution in [3.05, 3.63) is 48.6 Å². The number of hydrogen-bond donors (Lipinski definition) is 0. The van der Waals surface area contributed by atoms with E-state index in [4.69, 9.17) is 14.2 Å². The maximum atomic E-state index is 12.8. The number of hydrogen-bond acceptors (Lipinski definition) is 7. The van der Waals surface area contributed by atoms with E-state index in [0.29, 0.717) is 12.8 Å². The normalized spacial score (nSPS) is 13.2. The first kappa shape index (κ1) is 61.3. The van der Waals surface area contributed by atoms with Crippen LogP contribution in [0.15, 0.2) is 48.6 Å². The van der Waals surface area contributed by atoms with Gasteiger partial charge in [-0.2, -0.15) is 0 Å². The summed E-state index contributed by atoms with van der Waals surface area (Å²) in [4.78, 5) is 37.1. The van der Waals surface area contributed by atoms with Gasteiger partial charge < -0.3 is 28.6 Å². The number of carbonyl (C=O) groups excluding carboxylic acids is 3. The van der Waals surface area contributed by atoms with Gasteiger partial charge in [0.1, 0.15) is 12.6 Å². The lowest BCUT2D eigenvalue weighted by Crippen LogP contribution is -2.55. The van der Waals surface area contributed by atoms with Gasteiger partial charge in [-0.1, -0.05) is 217 Å². The molecule has 2 unspecified atom stereocenters. The topological polar surface area (TPSA) is 102 Å². The molecule has 8 nitrogen and oxygen atoms in total. The second-order valence-corrected chi connectivity index (χ2v) is 19.1. The number of unbranched alkanes of at least 4 members (excludes halogenated alkanes) is 26. The molecule has 0 radical (unpaired) electrons. The second-order valence-electron chi connectivity index (χ2n) is 19.1. The number of carboxylic acids is 1. The van der Waals surface area contributed by atoms with E-state index in [1.165, 1.54) is 141 Å². The van der Waals surface area contributed by atoms with E-state index >= 15 is 0 Å². The predicted molar refractivity (Wildman–Crippen MR) is 268 cm³/mol. The Hall–Kier alpha value is -2.71. The van der Waals surface area contributed by atoms with Crippen LogP contribution in [0, 0.1) is 0 Å². The van der Waals surface area contributed by atoms with Crippen molar-refractivity contribution in [1.82, 2.24) is 0 Å². The summed E-state index contributed by atoms with van der Waals surface area (Å²) in [5.41, 5.74) is 0. The number of nitrogens with zero attached hydrogens (tertiary/aromatic N) is 1. The summed E-state index contributed by atoms with van der Waals surface area (Å²) in [6, 6.07) is -0.726. The Labute approximate surface area is 395 Å². The Bertz CT molecular complexity index is 1190. The van der Waals surface area contributed by atoms with Gasteiger partial charge in [-0.05, 0) is 51.4 Å². The zero-order valence-corrected chi connectivity index (χ0v) is 42.4. The van der Waals surface area contributed by atoms with Gasteiger partial charge in [-0.25, -0.2) is 0 Å². The molecule has 0 bridgehead atoms. The first-order chi connectivity index (χ1) is 31.1. The molecule has 372 valence electrons. The second kappa shape index (κ2) is 46.8. The molecule has 0 aromatic rings. The zero-order valence-electron chi connectivity index (χ0n) is 42.4. The number of allylic oxidation sites excluding steroid dienone is 8. The molecule has 0 rings (SSSR count). The molecule has 0 saturated carbocycles. The van der Waals surface area contributed by atoms with Crippen LogP contribution >= 0.6 is 0 Å². The number of rotatable bonds is 48. The quantitative estimate of drug-likeness (QED) is 0.0259. The number of ether oxygens (including phenoxy) is 3. The van der Waals surface area contributed by atoms with E-state index in [9.17, 15) is 19.5 Å². The predicted octanol–water partition coefficient (Wildman–Crippen LogP) is 14.2. The molecule has 0 spiro atoms. The van der Waals surface area contributed by atoms with E-state index in [2.05, 4.69) is 62.5 Å². The van der Waals surface area contributed by atoms with E-state index in [1.807, 2.05) is 21.1 Å². The third-order valence-corrected chi connectivity index (χ3v) is 12.0. The average Bonchev–Trinajstić information content (AvgIpc) is 3.26. The standard InChI is InChI=1S/C56H101NO7/c1-6-8-10-12-14-16-18-20-22-24-25-26-27-28-29-31-33-35-37-39-41-43-45-47-55(59)64-52(50-62-49-48-53(56(60)61)57(3,4)5)51-63-54(58)46-44-42-40-38-36-34-32-30-23-21-19-17-15-13-11-9-7-2/h8,10,14,16,20,22,25-26,52-53H,6-7,9,11-13,15,17-19,21,23-24,27-51H2,1-5H3/b10-8-,16-14-,22-20-,26-25-. The molecule has 0 N–H and O–H groups in total. The van der Waals surface area contributed by atoms with Gasteiger partial charge >= 0.3 is 11.9 Å². The molecule has 0 fully saturated rings. The highest BCUT2D eigenvalue weighted by atomic mass is 16.6. The van der Waals surface area contributed by atoms with Crippen LogP contribution in [0.1, 0.15) is 239 Å². The third-order valence-electron chi connectivity index (χ3n) is 12.0. The molecular formula is C56H101NO7. The van der Waals surface area contributed by atoms with Crippen LogP contribution < -0.4 is 5.11 Å². The van der Waals surface area contributed by atoms with Gasteiger partial charge in [0.15, 0.2) is 6.10 Å². The maximum Gasteiger partial charge on any atom is 0.306 e. The molecule has 0 saturated heterocycles. The van der Waals surface area contributed by atoms with Crippen molar-refractivity contribution in [3.8, 4) is 0 Å². The Balaban J connectivity index is 4.20. The summed E-state index contributed by atoms with van der Waals surface area (Å²) in [6.45, 7) is 4.58. The summed E-state index contributed by atoms with van der Waals surface area (Å²) in [5, 5.41) is 11.7. The first-order valence-corrected chi connectivity index (χ1v) is 26.7. The largest absolute Gasteiger partial charge is 0.544 e. The number of esters is 2. The lowest BCUT2D eigenvalue weighted by Gasteiger charge is -2.34. The smallest absolute Gasteiger partial charge is 0.306 e. The molecule has 64 heavy (non-hydrogen) atoms. The fourth-order valence-electron chi connectivity index (χ4n) is 7.89. The Morgan fingerprint density at radius 2 is 0.875 bits per heavy atom. The third kappa shape index (κ3) is 44.5. The minimum absolute atomic E-state index is 0.0412. The summed E-state index contributed by atoms with van der Waals surface area (Å²) in [7, 11) is 5.42. The zero-order chi connectivity index (χ0) is 47.0. The monoisotopic (exact) mass is 900 g/mol. The summed E-state index contributed by atoms with van der Waals surface area (Å²) < 4.78 is 17.3.